The van der Waals surface area contributed by atoms with Crippen molar-refractivity contribution in [2.24, 2.45) is 0 Å². The second kappa shape index (κ2) is 8.51. The van der Waals surface area contributed by atoms with Gasteiger partial charge in [-0.05, 0) is 43.5 Å². The predicted molar refractivity (Wildman–Crippen MR) is 123 cm³/mol. The highest BCUT2D eigenvalue weighted by Gasteiger charge is 2.49. The molecule has 1 N–H and O–H groups in total. The highest BCUT2D eigenvalue weighted by Crippen LogP contribution is 2.51. The van der Waals surface area contributed by atoms with Crippen molar-refractivity contribution in [3.63, 3.8) is 0 Å². The van der Waals surface area contributed by atoms with E-state index in [1.807, 2.05) is 11.0 Å². The minimum Gasteiger partial charge on any atom is -0.495 e. The number of anilines is 1. The number of carbonyl (C=O) groups is 1. The Bertz CT molecular complexity index is 1050. The van der Waals surface area contributed by atoms with Crippen molar-refractivity contribution in [3.8, 4) is 5.75 Å². The Morgan fingerprint density at radius 2 is 1.77 bits per heavy atom. The summed E-state index contributed by atoms with van der Waals surface area (Å²) in [6.45, 7) is 4.58. The van der Waals surface area contributed by atoms with Gasteiger partial charge in [-0.3, -0.25) is 14.4 Å². The number of ether oxygens (including phenoxy) is 1. The number of piperazine rings is 1. The number of methoxy groups -OCH3 is 1. The zero-order valence-corrected chi connectivity index (χ0v) is 18.8. The molecule has 2 fully saturated rings. The summed E-state index contributed by atoms with van der Waals surface area (Å²) in [5.74, 6) is 0.237. The molecule has 1 amide bonds. The average Bonchev–Trinajstić information content (AvgIpc) is 3.61. The van der Waals surface area contributed by atoms with Gasteiger partial charge in [0, 0.05) is 38.7 Å². The first-order valence-corrected chi connectivity index (χ1v) is 12.3. The zero-order chi connectivity index (χ0) is 22.1. The van der Waals surface area contributed by atoms with E-state index in [2.05, 4.69) is 33.9 Å². The highest BCUT2D eigenvalue weighted by atomic mass is 32.2. The Labute approximate surface area is 185 Å². The Morgan fingerprint density at radius 3 is 2.35 bits per heavy atom. The van der Waals surface area contributed by atoms with Crippen LogP contribution in [0.1, 0.15) is 37.1 Å². The van der Waals surface area contributed by atoms with Crippen LogP contribution in [0.5, 0.6) is 5.75 Å². The zero-order valence-electron chi connectivity index (χ0n) is 18.0. The second-order valence-electron chi connectivity index (χ2n) is 8.10. The van der Waals surface area contributed by atoms with E-state index >= 15 is 0 Å². The number of hydrogen-bond acceptors (Lipinski definition) is 5. The van der Waals surface area contributed by atoms with Gasteiger partial charge in [-0.15, -0.1) is 0 Å². The van der Waals surface area contributed by atoms with Crippen LogP contribution in [0.4, 0.5) is 5.69 Å². The first-order valence-electron chi connectivity index (χ1n) is 10.7. The number of rotatable bonds is 7. The largest absolute Gasteiger partial charge is 0.495 e. The monoisotopic (exact) mass is 445 g/mol. The molecule has 1 saturated carbocycles. The van der Waals surface area contributed by atoms with Crippen molar-refractivity contribution in [2.45, 2.75) is 25.3 Å². The van der Waals surface area contributed by atoms with E-state index < -0.39 is 10.0 Å². The summed E-state index contributed by atoms with van der Waals surface area (Å²) in [6, 6.07) is 15.5. The molecule has 1 heterocycles. The van der Waals surface area contributed by atoms with Crippen LogP contribution in [-0.2, 0) is 15.6 Å². The van der Waals surface area contributed by atoms with Crippen molar-refractivity contribution in [3.05, 3.63) is 59.7 Å². The molecule has 0 radical (unpaired) electrons. The molecule has 0 spiro atoms. The summed E-state index contributed by atoms with van der Waals surface area (Å²) >= 11 is 0. The molecule has 1 saturated heterocycles. The third-order valence-corrected chi connectivity index (χ3v) is 7.59. The van der Waals surface area contributed by atoms with Crippen LogP contribution < -0.4 is 9.46 Å². The van der Waals surface area contributed by atoms with Crippen LogP contribution >= 0.6 is 0 Å². The lowest BCUT2D eigenvalue weighted by Gasteiger charge is -2.40. The molecule has 1 aliphatic carbocycles. The SMILES string of the molecule is CCS(=O)(=O)Nc1ccc(C(=O)N2CCN(C3(c4ccccc4)CC3)CC2)cc1OC.[HH]. The first-order chi connectivity index (χ1) is 14.9. The summed E-state index contributed by atoms with van der Waals surface area (Å²) < 4.78 is 31.6. The first kappa shape index (κ1) is 21.6. The number of sulfonamides is 1. The predicted octanol–water partition coefficient (Wildman–Crippen LogP) is 3.15. The molecule has 2 aromatic carbocycles. The topological polar surface area (TPSA) is 79.0 Å². The Kier molecular flexibility index (Phi) is 5.94. The molecule has 8 heteroatoms. The van der Waals surface area contributed by atoms with Gasteiger partial charge < -0.3 is 9.64 Å². The third kappa shape index (κ3) is 4.41. The van der Waals surface area contributed by atoms with Crippen LogP contribution in [0.2, 0.25) is 0 Å². The maximum absolute atomic E-state index is 13.1. The van der Waals surface area contributed by atoms with E-state index in [9.17, 15) is 13.2 Å². The van der Waals surface area contributed by atoms with Crippen molar-refractivity contribution >= 4 is 21.6 Å². The van der Waals surface area contributed by atoms with Gasteiger partial charge in [0.15, 0.2) is 0 Å². The van der Waals surface area contributed by atoms with Crippen molar-refractivity contribution < 1.29 is 19.4 Å². The van der Waals surface area contributed by atoms with Crippen LogP contribution in [0.15, 0.2) is 48.5 Å². The highest BCUT2D eigenvalue weighted by molar-refractivity contribution is 7.92. The van der Waals surface area contributed by atoms with E-state index in [1.165, 1.54) is 12.7 Å². The van der Waals surface area contributed by atoms with Crippen LogP contribution in [0, 0.1) is 0 Å². The maximum Gasteiger partial charge on any atom is 0.254 e. The van der Waals surface area contributed by atoms with Crippen LogP contribution in [-0.4, -0.2) is 63.2 Å². The number of hydrogen-bond donors (Lipinski definition) is 1. The third-order valence-electron chi connectivity index (χ3n) is 6.30. The standard InChI is InChI=1S/C23H29N3O4S.H2/c1-3-31(28,29)24-20-10-9-18(17-21(20)30-2)22(27)25-13-15-26(16-14-25)23(11-12-23)19-7-5-4-6-8-19;/h4-10,17,24H,3,11-16H2,1-2H3;1H. The molecule has 1 aliphatic heterocycles. The summed E-state index contributed by atoms with van der Waals surface area (Å²) in [7, 11) is -1.96. The Morgan fingerprint density at radius 1 is 1.10 bits per heavy atom. The van der Waals surface area contributed by atoms with Gasteiger partial charge >= 0.3 is 0 Å². The van der Waals surface area contributed by atoms with Crippen LogP contribution in [0.3, 0.4) is 0 Å². The Balaban J connectivity index is 0.00000289. The number of amides is 1. The fourth-order valence-electron chi connectivity index (χ4n) is 4.32. The van der Waals surface area contributed by atoms with E-state index in [0.717, 1.165) is 25.9 Å². The summed E-state index contributed by atoms with van der Waals surface area (Å²) in [6.07, 6.45) is 2.33. The van der Waals surface area contributed by atoms with Crippen molar-refractivity contribution in [2.75, 3.05) is 43.8 Å². The van der Waals surface area contributed by atoms with Crippen LogP contribution in [0.25, 0.3) is 0 Å². The van der Waals surface area contributed by atoms with E-state index in [-0.39, 0.29) is 18.6 Å². The lowest BCUT2D eigenvalue weighted by Crippen LogP contribution is -2.52. The molecule has 31 heavy (non-hydrogen) atoms. The van der Waals surface area contributed by atoms with Gasteiger partial charge in [-0.25, -0.2) is 8.42 Å². The molecule has 7 nitrogen and oxygen atoms in total. The lowest BCUT2D eigenvalue weighted by atomic mass is 10.0. The molecular formula is C23H31N3O4S. The quantitative estimate of drug-likeness (QED) is 0.708. The molecule has 0 atom stereocenters. The molecule has 0 bridgehead atoms. The van der Waals surface area contributed by atoms with E-state index in [1.54, 1.807) is 25.1 Å². The van der Waals surface area contributed by atoms with E-state index in [0.29, 0.717) is 30.1 Å². The minimum absolute atomic E-state index is 0. The minimum atomic E-state index is -3.43. The second-order valence-corrected chi connectivity index (χ2v) is 10.1. The van der Waals surface area contributed by atoms with Crippen molar-refractivity contribution in [1.82, 2.24) is 9.80 Å². The van der Waals surface area contributed by atoms with Gasteiger partial charge in [-0.2, -0.15) is 0 Å². The molecule has 0 unspecified atom stereocenters. The average molecular weight is 446 g/mol. The molecular weight excluding hydrogens is 414 g/mol. The lowest BCUT2D eigenvalue weighted by molar-refractivity contribution is 0.0531. The summed E-state index contributed by atoms with van der Waals surface area (Å²) in [5, 5.41) is 0. The smallest absolute Gasteiger partial charge is 0.254 e. The normalized spacial score (nSPS) is 18.5. The van der Waals surface area contributed by atoms with Crippen molar-refractivity contribution in [1.29, 1.82) is 0 Å². The number of carbonyl (C=O) groups excluding carboxylic acids is 1. The van der Waals surface area contributed by atoms with Gasteiger partial charge in [0.25, 0.3) is 5.91 Å². The Hall–Kier alpha value is -2.58. The number of benzene rings is 2. The van der Waals surface area contributed by atoms with Gasteiger partial charge in [-0.1, -0.05) is 30.3 Å². The molecule has 0 aromatic heterocycles. The summed E-state index contributed by atoms with van der Waals surface area (Å²) in [5.41, 5.74) is 2.33. The van der Waals surface area contributed by atoms with E-state index in [4.69, 9.17) is 4.74 Å². The molecule has 2 aliphatic rings. The fraction of sp³-hybridized carbons (Fsp3) is 0.435. The van der Waals surface area contributed by atoms with Gasteiger partial charge in [0.05, 0.1) is 18.6 Å². The van der Waals surface area contributed by atoms with Gasteiger partial charge in [0.1, 0.15) is 5.75 Å². The van der Waals surface area contributed by atoms with Gasteiger partial charge in [0.2, 0.25) is 10.0 Å². The number of nitrogens with zero attached hydrogens (tertiary/aromatic N) is 2. The molecule has 168 valence electrons. The number of nitrogens with one attached hydrogen (secondary N) is 1. The summed E-state index contributed by atoms with van der Waals surface area (Å²) in [4.78, 5) is 17.4. The maximum atomic E-state index is 13.1. The molecule has 4 rings (SSSR count). The molecule has 2 aromatic rings. The fourth-order valence-corrected chi connectivity index (χ4v) is 4.97.